The van der Waals surface area contributed by atoms with Gasteiger partial charge in [-0.05, 0) is 49.1 Å². The van der Waals surface area contributed by atoms with Crippen LogP contribution in [0.5, 0.6) is 0 Å². The molecule has 1 aliphatic carbocycles. The molecule has 1 saturated carbocycles. The molecule has 3 nitrogen and oxygen atoms in total. The second-order valence-electron chi connectivity index (χ2n) is 6.01. The fourth-order valence-electron chi connectivity index (χ4n) is 3.13. The van der Waals surface area contributed by atoms with Gasteiger partial charge in [-0.3, -0.25) is 4.68 Å². The largest absolute Gasteiger partial charge is 0.388 e. The number of hydrogen-bond donors (Lipinski definition) is 1. The van der Waals surface area contributed by atoms with Crippen LogP contribution in [-0.2, 0) is 6.42 Å². The van der Waals surface area contributed by atoms with E-state index in [-0.39, 0.29) is 0 Å². The van der Waals surface area contributed by atoms with Crippen LogP contribution < -0.4 is 0 Å². The van der Waals surface area contributed by atoms with Crippen LogP contribution in [0.25, 0.3) is 0 Å². The lowest BCUT2D eigenvalue weighted by Gasteiger charge is -2.12. The predicted molar refractivity (Wildman–Crippen MR) is 87.3 cm³/mol. The van der Waals surface area contributed by atoms with Gasteiger partial charge in [-0.1, -0.05) is 34.8 Å². The van der Waals surface area contributed by atoms with Crippen molar-refractivity contribution in [2.24, 2.45) is 0 Å². The van der Waals surface area contributed by atoms with Crippen molar-refractivity contribution in [3.63, 3.8) is 0 Å². The van der Waals surface area contributed by atoms with E-state index in [0.29, 0.717) is 12.5 Å². The van der Waals surface area contributed by atoms with E-state index >= 15 is 0 Å². The molecule has 1 aliphatic rings. The number of aryl methyl sites for hydroxylation is 1. The molecule has 3 rings (SSSR count). The first-order chi connectivity index (χ1) is 10.1. The van der Waals surface area contributed by atoms with Crippen molar-refractivity contribution in [1.82, 2.24) is 9.78 Å². The van der Waals surface area contributed by atoms with Crippen LogP contribution >= 0.6 is 15.9 Å². The monoisotopic (exact) mass is 348 g/mol. The average Bonchev–Trinajstić information content (AvgIpc) is 3.07. The number of rotatable bonds is 4. The molecule has 0 bridgehead atoms. The Bertz CT molecular complexity index is 597. The molecule has 0 amide bonds. The molecule has 1 aromatic heterocycles. The molecule has 1 unspecified atom stereocenters. The van der Waals surface area contributed by atoms with Crippen LogP contribution in [0.15, 0.2) is 34.9 Å². The Hall–Kier alpha value is -1.13. The topological polar surface area (TPSA) is 38.0 Å². The van der Waals surface area contributed by atoms with Crippen LogP contribution in [0, 0.1) is 6.92 Å². The van der Waals surface area contributed by atoms with Crippen molar-refractivity contribution in [2.45, 2.75) is 51.2 Å². The summed E-state index contributed by atoms with van der Waals surface area (Å²) in [5.41, 5.74) is 3.05. The Morgan fingerprint density at radius 3 is 2.81 bits per heavy atom. The van der Waals surface area contributed by atoms with Gasteiger partial charge in [0.1, 0.15) is 0 Å². The quantitative estimate of drug-likeness (QED) is 0.891. The van der Waals surface area contributed by atoms with E-state index in [1.165, 1.54) is 25.7 Å². The molecule has 1 atom stereocenters. The third-order valence-electron chi connectivity index (χ3n) is 4.21. The highest BCUT2D eigenvalue weighted by atomic mass is 79.9. The minimum absolute atomic E-state index is 0.506. The zero-order valence-corrected chi connectivity index (χ0v) is 13.9. The van der Waals surface area contributed by atoms with Crippen LogP contribution in [0.1, 0.15) is 54.6 Å². The maximum absolute atomic E-state index is 10.4. The first-order valence-corrected chi connectivity index (χ1v) is 8.40. The summed E-state index contributed by atoms with van der Waals surface area (Å²) in [6.45, 7) is 2.04. The zero-order valence-electron chi connectivity index (χ0n) is 12.3. The normalized spacial score (nSPS) is 17.3. The summed E-state index contributed by atoms with van der Waals surface area (Å²) in [7, 11) is 0. The van der Waals surface area contributed by atoms with E-state index in [1.54, 1.807) is 0 Å². The van der Waals surface area contributed by atoms with Crippen molar-refractivity contribution in [3.8, 4) is 0 Å². The molecular weight excluding hydrogens is 328 g/mol. The average molecular weight is 349 g/mol. The van der Waals surface area contributed by atoms with Crippen LogP contribution in [0.4, 0.5) is 0 Å². The summed E-state index contributed by atoms with van der Waals surface area (Å²) in [5.74, 6) is 0. The molecule has 112 valence electrons. The number of hydrogen-bond acceptors (Lipinski definition) is 2. The number of halogens is 1. The van der Waals surface area contributed by atoms with Gasteiger partial charge in [0.2, 0.25) is 0 Å². The van der Waals surface area contributed by atoms with Crippen molar-refractivity contribution in [3.05, 3.63) is 51.8 Å². The number of nitrogens with zero attached hydrogens (tertiary/aromatic N) is 2. The fourth-order valence-corrected chi connectivity index (χ4v) is 3.76. The molecule has 1 aromatic carbocycles. The Morgan fingerprint density at radius 2 is 2.10 bits per heavy atom. The van der Waals surface area contributed by atoms with Gasteiger partial charge in [-0.2, -0.15) is 5.10 Å². The number of aliphatic hydroxyl groups is 1. The Kier molecular flexibility index (Phi) is 4.45. The van der Waals surface area contributed by atoms with Crippen LogP contribution in [0.3, 0.4) is 0 Å². The second-order valence-corrected chi connectivity index (χ2v) is 6.92. The summed E-state index contributed by atoms with van der Waals surface area (Å²) in [4.78, 5) is 0. The van der Waals surface area contributed by atoms with E-state index in [2.05, 4.69) is 31.9 Å². The molecular formula is C17H21BrN2O. The molecule has 4 heteroatoms. The first kappa shape index (κ1) is 14.8. The summed E-state index contributed by atoms with van der Waals surface area (Å²) in [6, 6.07) is 8.65. The van der Waals surface area contributed by atoms with Gasteiger partial charge in [0.25, 0.3) is 0 Å². The summed E-state index contributed by atoms with van der Waals surface area (Å²) < 4.78 is 3.09. The van der Waals surface area contributed by atoms with Gasteiger partial charge in [0.05, 0.1) is 17.8 Å². The van der Waals surface area contributed by atoms with Gasteiger partial charge in [0.15, 0.2) is 0 Å². The zero-order chi connectivity index (χ0) is 14.8. The van der Waals surface area contributed by atoms with Crippen LogP contribution in [0.2, 0.25) is 0 Å². The van der Waals surface area contributed by atoms with E-state index < -0.39 is 6.10 Å². The summed E-state index contributed by atoms with van der Waals surface area (Å²) in [6.07, 6.45) is 7.19. The van der Waals surface area contributed by atoms with E-state index in [4.69, 9.17) is 0 Å². The summed E-state index contributed by atoms with van der Waals surface area (Å²) in [5, 5.41) is 15.1. The van der Waals surface area contributed by atoms with Gasteiger partial charge < -0.3 is 5.11 Å². The molecule has 0 saturated heterocycles. The van der Waals surface area contributed by atoms with Crippen molar-refractivity contribution < 1.29 is 5.11 Å². The molecule has 0 radical (unpaired) electrons. The number of benzene rings is 1. The maximum Gasteiger partial charge on any atom is 0.0846 e. The molecule has 2 aromatic rings. The summed E-state index contributed by atoms with van der Waals surface area (Å²) >= 11 is 3.48. The molecule has 0 aliphatic heterocycles. The van der Waals surface area contributed by atoms with Gasteiger partial charge in [-0.25, -0.2) is 0 Å². The van der Waals surface area contributed by atoms with E-state index in [9.17, 15) is 5.11 Å². The Labute approximate surface area is 134 Å². The van der Waals surface area contributed by atoms with Crippen molar-refractivity contribution in [1.29, 1.82) is 0 Å². The maximum atomic E-state index is 10.4. The molecule has 0 spiro atoms. The lowest BCUT2D eigenvalue weighted by Crippen LogP contribution is -2.07. The van der Waals surface area contributed by atoms with Gasteiger partial charge >= 0.3 is 0 Å². The van der Waals surface area contributed by atoms with Crippen molar-refractivity contribution in [2.75, 3.05) is 0 Å². The molecule has 1 N–H and O–H groups in total. The van der Waals surface area contributed by atoms with E-state index in [0.717, 1.165) is 21.3 Å². The lowest BCUT2D eigenvalue weighted by atomic mass is 10.0. The van der Waals surface area contributed by atoms with E-state index in [1.807, 2.05) is 31.2 Å². The Balaban J connectivity index is 1.70. The highest BCUT2D eigenvalue weighted by molar-refractivity contribution is 9.10. The number of aliphatic hydroxyl groups excluding tert-OH is 1. The smallest absolute Gasteiger partial charge is 0.0846 e. The fraction of sp³-hybridized carbons (Fsp3) is 0.471. The van der Waals surface area contributed by atoms with Gasteiger partial charge in [-0.15, -0.1) is 0 Å². The minimum Gasteiger partial charge on any atom is -0.388 e. The molecule has 21 heavy (non-hydrogen) atoms. The SMILES string of the molecule is Cc1cc(Br)cc(C(O)Cc2ccn(C3CCCC3)n2)c1. The standard InChI is InChI=1S/C17H21BrN2O/c1-12-8-13(10-14(18)9-12)17(21)11-15-6-7-20(19-15)16-4-2-3-5-16/h6-10,16-17,21H,2-5,11H2,1H3. The Morgan fingerprint density at radius 1 is 1.33 bits per heavy atom. The highest BCUT2D eigenvalue weighted by Crippen LogP contribution is 2.29. The lowest BCUT2D eigenvalue weighted by molar-refractivity contribution is 0.176. The van der Waals surface area contributed by atoms with Crippen molar-refractivity contribution >= 4 is 15.9 Å². The number of aromatic nitrogens is 2. The minimum atomic E-state index is -0.506. The predicted octanol–water partition coefficient (Wildman–Crippen LogP) is 4.35. The highest BCUT2D eigenvalue weighted by Gasteiger charge is 2.18. The second kappa shape index (κ2) is 6.32. The molecule has 1 heterocycles. The third-order valence-corrected chi connectivity index (χ3v) is 4.67. The first-order valence-electron chi connectivity index (χ1n) is 7.61. The van der Waals surface area contributed by atoms with Gasteiger partial charge in [0, 0.05) is 17.1 Å². The molecule has 1 fully saturated rings. The third kappa shape index (κ3) is 3.55. The van der Waals surface area contributed by atoms with Crippen LogP contribution in [-0.4, -0.2) is 14.9 Å².